The number of thiazole rings is 1. The Labute approximate surface area is 195 Å². The van der Waals surface area contributed by atoms with Gasteiger partial charge in [0.1, 0.15) is 4.34 Å². The van der Waals surface area contributed by atoms with Crippen molar-refractivity contribution in [2.45, 2.75) is 27.7 Å². The van der Waals surface area contributed by atoms with Crippen LogP contribution >= 0.6 is 58.3 Å². The summed E-state index contributed by atoms with van der Waals surface area (Å²) in [5.41, 5.74) is 3.76. The van der Waals surface area contributed by atoms with Crippen LogP contribution in [0.5, 0.6) is 0 Å². The van der Waals surface area contributed by atoms with Crippen molar-refractivity contribution in [3.8, 4) is 0 Å². The Morgan fingerprint density at radius 2 is 1.69 bits per heavy atom. The number of aryl methyl sites for hydroxylation is 2. The molecule has 29 heavy (non-hydrogen) atoms. The first-order valence-electron chi connectivity index (χ1n) is 9.20. The summed E-state index contributed by atoms with van der Waals surface area (Å²) < 4.78 is 2.00. The van der Waals surface area contributed by atoms with Crippen LogP contribution in [0.1, 0.15) is 35.3 Å². The summed E-state index contributed by atoms with van der Waals surface area (Å²) in [6.45, 7) is 11.6. The number of carbonyl (C=O) groups is 1. The van der Waals surface area contributed by atoms with Crippen molar-refractivity contribution in [1.82, 2.24) is 9.88 Å². The molecule has 0 radical (unpaired) electrons. The van der Waals surface area contributed by atoms with Gasteiger partial charge in [-0.15, -0.1) is 23.7 Å². The fourth-order valence-corrected chi connectivity index (χ4v) is 5.50. The number of benzene rings is 1. The summed E-state index contributed by atoms with van der Waals surface area (Å²) in [5.74, 6) is -0.159. The van der Waals surface area contributed by atoms with Gasteiger partial charge in [0.15, 0.2) is 5.13 Å². The molecular weight excluding hydrogens is 469 g/mol. The zero-order chi connectivity index (χ0) is 20.4. The van der Waals surface area contributed by atoms with E-state index >= 15 is 0 Å². The maximum atomic E-state index is 13.3. The molecule has 158 valence electrons. The second kappa shape index (κ2) is 10.4. The van der Waals surface area contributed by atoms with Gasteiger partial charge in [-0.3, -0.25) is 9.69 Å². The molecule has 9 heteroatoms. The smallest absolute Gasteiger partial charge is 0.262 e. The second-order valence-electron chi connectivity index (χ2n) is 6.62. The van der Waals surface area contributed by atoms with Crippen LogP contribution in [-0.4, -0.2) is 42.0 Å². The fourth-order valence-electron chi connectivity index (χ4n) is 2.98. The molecule has 1 amide bonds. The van der Waals surface area contributed by atoms with Crippen molar-refractivity contribution in [3.05, 3.63) is 43.6 Å². The fraction of sp³-hybridized carbons (Fsp3) is 0.400. The van der Waals surface area contributed by atoms with Crippen molar-refractivity contribution in [1.29, 1.82) is 0 Å². The normalized spacial score (nSPS) is 11.1. The molecule has 3 rings (SSSR count). The van der Waals surface area contributed by atoms with Crippen LogP contribution < -0.4 is 4.90 Å². The van der Waals surface area contributed by atoms with Crippen molar-refractivity contribution in [3.63, 3.8) is 0 Å². The third-order valence-electron chi connectivity index (χ3n) is 4.89. The van der Waals surface area contributed by atoms with Crippen LogP contribution in [-0.2, 0) is 0 Å². The van der Waals surface area contributed by atoms with Gasteiger partial charge >= 0.3 is 0 Å². The Hall–Kier alpha value is -0.890. The summed E-state index contributed by atoms with van der Waals surface area (Å²) in [5, 5.41) is 0.690. The Kier molecular flexibility index (Phi) is 8.76. The molecule has 0 aliphatic heterocycles. The van der Waals surface area contributed by atoms with E-state index in [9.17, 15) is 4.79 Å². The van der Waals surface area contributed by atoms with Crippen LogP contribution in [0.4, 0.5) is 5.13 Å². The van der Waals surface area contributed by atoms with Crippen LogP contribution in [0, 0.1) is 13.8 Å². The summed E-state index contributed by atoms with van der Waals surface area (Å²) in [6.07, 6.45) is 0. The van der Waals surface area contributed by atoms with Gasteiger partial charge in [-0.25, -0.2) is 4.98 Å². The number of carbonyl (C=O) groups excluding carboxylic acids is 1. The minimum absolute atomic E-state index is 0. The second-order valence-corrected chi connectivity index (χ2v) is 9.92. The Morgan fingerprint density at radius 1 is 1.03 bits per heavy atom. The number of amides is 1. The number of thiophene rings is 1. The van der Waals surface area contributed by atoms with Crippen molar-refractivity contribution >= 4 is 79.5 Å². The lowest BCUT2D eigenvalue weighted by Gasteiger charge is -2.24. The molecule has 2 heterocycles. The minimum Gasteiger partial charge on any atom is -0.302 e. The van der Waals surface area contributed by atoms with Crippen molar-refractivity contribution in [2.75, 3.05) is 31.1 Å². The van der Waals surface area contributed by atoms with Gasteiger partial charge < -0.3 is 4.90 Å². The lowest BCUT2D eigenvalue weighted by molar-refractivity contribution is 0.0984. The number of anilines is 1. The van der Waals surface area contributed by atoms with E-state index < -0.39 is 0 Å². The lowest BCUT2D eigenvalue weighted by Crippen LogP contribution is -2.38. The molecule has 4 nitrogen and oxygen atoms in total. The van der Waals surface area contributed by atoms with E-state index in [-0.39, 0.29) is 18.3 Å². The molecule has 0 aliphatic carbocycles. The number of halogens is 3. The predicted molar refractivity (Wildman–Crippen MR) is 130 cm³/mol. The summed E-state index contributed by atoms with van der Waals surface area (Å²) in [6, 6.07) is 5.85. The molecule has 0 unspecified atom stereocenters. The van der Waals surface area contributed by atoms with E-state index in [2.05, 4.69) is 44.7 Å². The van der Waals surface area contributed by atoms with Gasteiger partial charge in [-0.05, 0) is 56.3 Å². The number of nitrogens with zero attached hydrogens (tertiary/aromatic N) is 3. The maximum absolute atomic E-state index is 13.3. The van der Waals surface area contributed by atoms with E-state index in [4.69, 9.17) is 28.2 Å². The molecule has 0 N–H and O–H groups in total. The molecule has 0 saturated carbocycles. The van der Waals surface area contributed by atoms with Crippen LogP contribution in [0.25, 0.3) is 10.2 Å². The third kappa shape index (κ3) is 5.43. The Balaban J connectivity index is 0.00000300. The highest BCUT2D eigenvalue weighted by Gasteiger charge is 2.25. The van der Waals surface area contributed by atoms with Crippen molar-refractivity contribution < 1.29 is 4.79 Å². The zero-order valence-corrected chi connectivity index (χ0v) is 20.8. The molecule has 0 aliphatic rings. The number of fused-ring (bicyclic) bond motifs is 1. The van der Waals surface area contributed by atoms with Gasteiger partial charge in [0.05, 0.1) is 20.1 Å². The predicted octanol–water partition coefficient (Wildman–Crippen LogP) is 6.69. The average molecular weight is 493 g/mol. The zero-order valence-electron chi connectivity index (χ0n) is 16.8. The highest BCUT2D eigenvalue weighted by molar-refractivity contribution is 7.22. The van der Waals surface area contributed by atoms with E-state index in [1.807, 2.05) is 0 Å². The lowest BCUT2D eigenvalue weighted by atomic mass is 10.1. The molecule has 0 bridgehead atoms. The number of hydrogen-bond acceptors (Lipinski definition) is 5. The minimum atomic E-state index is -0.159. The van der Waals surface area contributed by atoms with Gasteiger partial charge in [0.2, 0.25) is 0 Å². The quantitative estimate of drug-likeness (QED) is 0.368. The summed E-state index contributed by atoms with van der Waals surface area (Å²) in [7, 11) is 0. The first kappa shape index (κ1) is 24.4. The van der Waals surface area contributed by atoms with Crippen LogP contribution in [0.15, 0.2) is 18.2 Å². The van der Waals surface area contributed by atoms with E-state index in [0.717, 1.165) is 29.9 Å². The summed E-state index contributed by atoms with van der Waals surface area (Å²) >= 11 is 15.1. The van der Waals surface area contributed by atoms with Gasteiger partial charge in [0, 0.05) is 13.1 Å². The van der Waals surface area contributed by atoms with Gasteiger partial charge in [-0.2, -0.15) is 0 Å². The van der Waals surface area contributed by atoms with Gasteiger partial charge in [-0.1, -0.05) is 48.4 Å². The first-order valence-corrected chi connectivity index (χ1v) is 11.6. The molecule has 1 aromatic carbocycles. The number of rotatable bonds is 7. The average Bonchev–Trinajstić information content (AvgIpc) is 3.20. The number of likely N-dealkylation sites (N-methyl/N-ethyl adjacent to an activating group) is 1. The first-order chi connectivity index (χ1) is 13.3. The molecule has 0 fully saturated rings. The Bertz CT molecular complexity index is 959. The molecule has 3 aromatic rings. The van der Waals surface area contributed by atoms with E-state index in [1.165, 1.54) is 33.8 Å². The number of aromatic nitrogens is 1. The largest absolute Gasteiger partial charge is 0.302 e. The van der Waals surface area contributed by atoms with E-state index in [0.29, 0.717) is 25.9 Å². The third-order valence-corrected chi connectivity index (χ3v) is 7.42. The monoisotopic (exact) mass is 491 g/mol. The Morgan fingerprint density at radius 3 is 2.28 bits per heavy atom. The molecular formula is C20H24Cl3N3OS2. The highest BCUT2D eigenvalue weighted by atomic mass is 35.5. The molecule has 0 saturated heterocycles. The standard InChI is InChI=1S/C20H23Cl2N3OS2.ClH/c1-5-24(6-2)7-8-25(19(26)14-11-17(21)28-18(14)22)20-23-15-9-12(3)13(4)10-16(15)27-20;/h9-11H,5-8H2,1-4H3;1H. The molecule has 2 aromatic heterocycles. The summed E-state index contributed by atoms with van der Waals surface area (Å²) in [4.78, 5) is 22.1. The maximum Gasteiger partial charge on any atom is 0.262 e. The van der Waals surface area contributed by atoms with Crippen LogP contribution in [0.3, 0.4) is 0 Å². The van der Waals surface area contributed by atoms with Gasteiger partial charge in [0.25, 0.3) is 5.91 Å². The van der Waals surface area contributed by atoms with E-state index in [1.54, 1.807) is 11.0 Å². The highest BCUT2D eigenvalue weighted by Crippen LogP contribution is 2.35. The topological polar surface area (TPSA) is 36.4 Å². The van der Waals surface area contributed by atoms with Crippen LogP contribution in [0.2, 0.25) is 8.67 Å². The van der Waals surface area contributed by atoms with Crippen molar-refractivity contribution in [2.24, 2.45) is 0 Å². The number of hydrogen-bond donors (Lipinski definition) is 0. The molecule has 0 atom stereocenters. The SMILES string of the molecule is CCN(CC)CCN(C(=O)c1cc(Cl)sc1Cl)c1nc2cc(C)c(C)cc2s1.Cl. The molecule has 0 spiro atoms.